The third-order valence-corrected chi connectivity index (χ3v) is 2.78. The van der Waals surface area contributed by atoms with E-state index in [0.717, 1.165) is 5.56 Å². The van der Waals surface area contributed by atoms with E-state index in [1.54, 1.807) is 39.0 Å². The molecule has 0 bridgehead atoms. The molecule has 0 saturated carbocycles. The Balaban J connectivity index is 2.53. The van der Waals surface area contributed by atoms with E-state index < -0.39 is 36.4 Å². The number of rotatable bonds is 6. The molecule has 122 valence electrons. The van der Waals surface area contributed by atoms with Crippen LogP contribution in [0.25, 0.3) is 6.08 Å². The van der Waals surface area contributed by atoms with Crippen LogP contribution < -0.4 is 0 Å². The fourth-order valence-electron chi connectivity index (χ4n) is 1.77. The lowest BCUT2D eigenvalue weighted by atomic mass is 10.0. The molecule has 0 saturated heterocycles. The molecule has 3 unspecified atom stereocenters. The van der Waals surface area contributed by atoms with E-state index in [9.17, 15) is 19.4 Å². The number of alkyl halides is 1. The standard InChI is InChI=1S/C17H23FO4/c1-17(2,3)22-15(21)11-14(20)16(18)13(19)10-9-12-7-5-4-6-8-12/h4-10,13-14,16,19-20H,11H2,1-3H3/b10-9+. The molecule has 22 heavy (non-hydrogen) atoms. The summed E-state index contributed by atoms with van der Waals surface area (Å²) in [6.45, 7) is 5.05. The predicted octanol–water partition coefficient (Wildman–Crippen LogP) is 2.49. The molecular formula is C17H23FO4. The molecule has 2 N–H and O–H groups in total. The summed E-state index contributed by atoms with van der Waals surface area (Å²) in [5.41, 5.74) is 0.101. The lowest BCUT2D eigenvalue weighted by Crippen LogP contribution is -2.36. The van der Waals surface area contributed by atoms with E-state index in [-0.39, 0.29) is 0 Å². The lowest BCUT2D eigenvalue weighted by Gasteiger charge is -2.22. The maximum Gasteiger partial charge on any atom is 0.309 e. The number of esters is 1. The Morgan fingerprint density at radius 3 is 2.41 bits per heavy atom. The van der Waals surface area contributed by atoms with Crippen LogP contribution in [0, 0.1) is 0 Å². The Hall–Kier alpha value is -1.72. The number of carbonyl (C=O) groups excluding carboxylic acids is 1. The second kappa shape index (κ2) is 8.06. The zero-order valence-corrected chi connectivity index (χ0v) is 13.1. The van der Waals surface area contributed by atoms with Crippen LogP contribution in [0.15, 0.2) is 36.4 Å². The van der Waals surface area contributed by atoms with Gasteiger partial charge in [0.25, 0.3) is 0 Å². The molecule has 3 atom stereocenters. The van der Waals surface area contributed by atoms with Gasteiger partial charge in [0.15, 0.2) is 6.17 Å². The highest BCUT2D eigenvalue weighted by molar-refractivity contribution is 5.70. The van der Waals surface area contributed by atoms with Crippen LogP contribution >= 0.6 is 0 Å². The molecule has 0 aromatic heterocycles. The smallest absolute Gasteiger partial charge is 0.309 e. The molecule has 1 rings (SSSR count). The first-order valence-electron chi connectivity index (χ1n) is 7.14. The van der Waals surface area contributed by atoms with E-state index in [1.165, 1.54) is 6.08 Å². The number of benzene rings is 1. The average molecular weight is 310 g/mol. The summed E-state index contributed by atoms with van der Waals surface area (Å²) in [7, 11) is 0. The van der Waals surface area contributed by atoms with Crippen molar-refractivity contribution in [3.63, 3.8) is 0 Å². The second-order valence-electron chi connectivity index (χ2n) is 6.06. The minimum Gasteiger partial charge on any atom is -0.460 e. The van der Waals surface area contributed by atoms with Gasteiger partial charge in [-0.1, -0.05) is 42.5 Å². The summed E-state index contributed by atoms with van der Waals surface area (Å²) in [4.78, 5) is 11.5. The number of aliphatic hydroxyl groups is 2. The van der Waals surface area contributed by atoms with Gasteiger partial charge in [-0.25, -0.2) is 4.39 Å². The molecule has 0 amide bonds. The van der Waals surface area contributed by atoms with Crippen molar-refractivity contribution in [2.45, 2.75) is 51.2 Å². The summed E-state index contributed by atoms with van der Waals surface area (Å²) < 4.78 is 18.9. The molecule has 0 spiro atoms. The number of hydrogen-bond donors (Lipinski definition) is 2. The summed E-state index contributed by atoms with van der Waals surface area (Å²) in [5.74, 6) is -0.707. The van der Waals surface area contributed by atoms with Gasteiger partial charge in [-0.15, -0.1) is 0 Å². The van der Waals surface area contributed by atoms with Crippen LogP contribution in [-0.4, -0.2) is 40.2 Å². The van der Waals surface area contributed by atoms with Crippen molar-refractivity contribution in [1.29, 1.82) is 0 Å². The quantitative estimate of drug-likeness (QED) is 0.792. The van der Waals surface area contributed by atoms with Crippen molar-refractivity contribution in [2.24, 2.45) is 0 Å². The zero-order chi connectivity index (χ0) is 16.8. The monoisotopic (exact) mass is 310 g/mol. The molecule has 0 fully saturated rings. The van der Waals surface area contributed by atoms with Crippen LogP contribution in [0.1, 0.15) is 32.8 Å². The summed E-state index contributed by atoms with van der Waals surface area (Å²) in [6.07, 6.45) is -2.79. The van der Waals surface area contributed by atoms with Crippen molar-refractivity contribution in [2.75, 3.05) is 0 Å². The highest BCUT2D eigenvalue weighted by Gasteiger charge is 2.29. The maximum absolute atomic E-state index is 13.9. The van der Waals surface area contributed by atoms with Crippen molar-refractivity contribution in [1.82, 2.24) is 0 Å². The average Bonchev–Trinajstić information content (AvgIpc) is 2.42. The van der Waals surface area contributed by atoms with E-state index in [4.69, 9.17) is 4.74 Å². The Kier molecular flexibility index (Phi) is 6.71. The Bertz CT molecular complexity index is 493. The predicted molar refractivity (Wildman–Crippen MR) is 82.8 cm³/mol. The van der Waals surface area contributed by atoms with Gasteiger partial charge in [0, 0.05) is 0 Å². The third kappa shape index (κ3) is 6.83. The van der Waals surface area contributed by atoms with Gasteiger partial charge in [-0.2, -0.15) is 0 Å². The fraction of sp³-hybridized carbons (Fsp3) is 0.471. The third-order valence-electron chi connectivity index (χ3n) is 2.78. The highest BCUT2D eigenvalue weighted by Crippen LogP contribution is 2.15. The van der Waals surface area contributed by atoms with Crippen molar-refractivity contribution in [3.8, 4) is 0 Å². The van der Waals surface area contributed by atoms with Crippen molar-refractivity contribution < 1.29 is 24.1 Å². The molecule has 0 heterocycles. The Morgan fingerprint density at radius 1 is 1.27 bits per heavy atom. The normalized spacial score (nSPS) is 16.3. The van der Waals surface area contributed by atoms with Crippen molar-refractivity contribution >= 4 is 12.0 Å². The van der Waals surface area contributed by atoms with E-state index in [0.29, 0.717) is 0 Å². The highest BCUT2D eigenvalue weighted by atomic mass is 19.1. The fourth-order valence-corrected chi connectivity index (χ4v) is 1.77. The summed E-state index contributed by atoms with van der Waals surface area (Å²) >= 11 is 0. The Labute approximate surface area is 130 Å². The van der Waals surface area contributed by atoms with Gasteiger partial charge in [0.2, 0.25) is 0 Å². The molecule has 1 aromatic carbocycles. The molecule has 0 aliphatic heterocycles. The summed E-state index contributed by atoms with van der Waals surface area (Å²) in [6, 6.07) is 9.07. The Morgan fingerprint density at radius 2 is 1.86 bits per heavy atom. The molecule has 4 nitrogen and oxygen atoms in total. The minimum atomic E-state index is -1.97. The molecule has 0 radical (unpaired) electrons. The zero-order valence-electron chi connectivity index (χ0n) is 13.1. The number of hydrogen-bond acceptors (Lipinski definition) is 4. The molecule has 1 aromatic rings. The van der Waals surface area contributed by atoms with Gasteiger partial charge in [0.1, 0.15) is 11.7 Å². The van der Waals surface area contributed by atoms with Crippen LogP contribution in [0.3, 0.4) is 0 Å². The molecule has 5 heteroatoms. The largest absolute Gasteiger partial charge is 0.460 e. The molecular weight excluding hydrogens is 287 g/mol. The minimum absolute atomic E-state index is 0.505. The SMILES string of the molecule is CC(C)(C)OC(=O)CC(O)C(F)C(O)/C=C/c1ccccc1. The number of ether oxygens (including phenoxy) is 1. The maximum atomic E-state index is 13.9. The van der Waals surface area contributed by atoms with Crippen LogP contribution in [0.4, 0.5) is 4.39 Å². The van der Waals surface area contributed by atoms with Crippen molar-refractivity contribution in [3.05, 3.63) is 42.0 Å². The first-order valence-corrected chi connectivity index (χ1v) is 7.14. The van der Waals surface area contributed by atoms with E-state index in [1.807, 2.05) is 18.2 Å². The topological polar surface area (TPSA) is 66.8 Å². The van der Waals surface area contributed by atoms with E-state index in [2.05, 4.69) is 0 Å². The molecule has 0 aliphatic rings. The lowest BCUT2D eigenvalue weighted by molar-refractivity contribution is -0.158. The van der Waals surface area contributed by atoms with Crippen LogP contribution in [-0.2, 0) is 9.53 Å². The number of halogens is 1. The molecule has 0 aliphatic carbocycles. The van der Waals surface area contributed by atoms with Gasteiger partial charge in [-0.05, 0) is 26.3 Å². The first-order chi connectivity index (χ1) is 10.2. The first kappa shape index (κ1) is 18.3. The second-order valence-corrected chi connectivity index (χ2v) is 6.06. The van der Waals surface area contributed by atoms with Crippen LogP contribution in [0.2, 0.25) is 0 Å². The van der Waals surface area contributed by atoms with Gasteiger partial charge >= 0.3 is 5.97 Å². The van der Waals surface area contributed by atoms with Crippen LogP contribution in [0.5, 0.6) is 0 Å². The number of aliphatic hydroxyl groups excluding tert-OH is 2. The van der Waals surface area contributed by atoms with Gasteiger partial charge in [-0.3, -0.25) is 4.79 Å². The van der Waals surface area contributed by atoms with Gasteiger partial charge < -0.3 is 14.9 Å². The number of carbonyl (C=O) groups is 1. The van der Waals surface area contributed by atoms with E-state index >= 15 is 0 Å². The summed E-state index contributed by atoms with van der Waals surface area (Å²) in [5, 5.41) is 19.4. The van der Waals surface area contributed by atoms with Gasteiger partial charge in [0.05, 0.1) is 12.5 Å².